The maximum atomic E-state index is 11.0. The summed E-state index contributed by atoms with van der Waals surface area (Å²) >= 11 is 0.690. The van der Waals surface area contributed by atoms with Gasteiger partial charge in [0.05, 0.1) is 6.61 Å². The van der Waals surface area contributed by atoms with Crippen molar-refractivity contribution in [3.8, 4) is 0 Å². The average Bonchev–Trinajstić information content (AvgIpc) is 2.55. The van der Waals surface area contributed by atoms with Crippen LogP contribution in [-0.4, -0.2) is 91.1 Å². The number of rotatable bonds is 9. The number of ether oxygens (including phenoxy) is 1. The van der Waals surface area contributed by atoms with Crippen LogP contribution in [-0.2, 0) is 30.2 Å². The number of aliphatic hydroxyl groups excluding tert-OH is 4. The van der Waals surface area contributed by atoms with Gasteiger partial charge < -0.3 is 29.7 Å². The van der Waals surface area contributed by atoms with Gasteiger partial charge in [0.25, 0.3) is 10.4 Å². The first-order chi connectivity index (χ1) is 12.0. The molecule has 1 rings (SSSR count). The van der Waals surface area contributed by atoms with Crippen LogP contribution in [0.3, 0.4) is 0 Å². The zero-order valence-electron chi connectivity index (χ0n) is 14.8. The number of oxime groups is 1. The molecule has 11 nitrogen and oxygen atoms in total. The van der Waals surface area contributed by atoms with Crippen LogP contribution in [0.2, 0.25) is 0 Å². The van der Waals surface area contributed by atoms with Gasteiger partial charge in [0.15, 0.2) is 0 Å². The molecule has 0 aromatic carbocycles. The number of aliphatic hydroxyl groups is 4. The van der Waals surface area contributed by atoms with Gasteiger partial charge in [-0.1, -0.05) is 16.9 Å². The molecule has 27 heavy (non-hydrogen) atoms. The molecule has 0 aromatic rings. The fourth-order valence-electron chi connectivity index (χ4n) is 2.09. The first-order valence-electron chi connectivity index (χ1n) is 7.53. The molecule has 0 aliphatic carbocycles. The molecule has 0 aromatic heterocycles. The van der Waals surface area contributed by atoms with E-state index in [0.29, 0.717) is 30.4 Å². The van der Waals surface area contributed by atoms with Crippen LogP contribution in [0.5, 0.6) is 0 Å². The summed E-state index contributed by atoms with van der Waals surface area (Å²) in [6.07, 6.45) is -3.21. The molecule has 0 spiro atoms. The van der Waals surface area contributed by atoms with Crippen LogP contribution in [0, 0.1) is 0 Å². The second-order valence-corrected chi connectivity index (χ2v) is 9.21. The molecule has 0 amide bonds. The second kappa shape index (κ2) is 13.6. The molecular weight excluding hydrogens is 453 g/mol. The summed E-state index contributed by atoms with van der Waals surface area (Å²) in [5.41, 5.74) is -1.19. The van der Waals surface area contributed by atoms with Crippen LogP contribution < -0.4 is 51.4 Å². The number of thioether (sulfide) groups is 1. The van der Waals surface area contributed by atoms with E-state index in [4.69, 9.17) is 9.84 Å². The zero-order chi connectivity index (χ0) is 19.9. The van der Waals surface area contributed by atoms with Gasteiger partial charge in [-0.2, -0.15) is 8.42 Å². The number of hydrogen-bond donors (Lipinski definition) is 4. The SMILES string of the molecule is CS(=O)CCCCC(=NOS(=O)(=O)[O-])S[C@@H]1O[C@H](CO)[C@@H](O)[C@H](O)[C@H]1O.[K+]. The van der Waals surface area contributed by atoms with Crippen molar-refractivity contribution in [1.29, 1.82) is 0 Å². The Bertz CT molecular complexity index is 602. The van der Waals surface area contributed by atoms with E-state index in [2.05, 4.69) is 9.44 Å². The molecule has 0 saturated carbocycles. The van der Waals surface area contributed by atoms with Crippen molar-refractivity contribution < 1.29 is 98.0 Å². The van der Waals surface area contributed by atoms with E-state index in [1.54, 1.807) is 0 Å². The van der Waals surface area contributed by atoms with Crippen molar-refractivity contribution in [3.63, 3.8) is 0 Å². The molecule has 0 radical (unpaired) electrons. The smallest absolute Gasteiger partial charge is 0.714 e. The fourth-order valence-corrected chi connectivity index (χ4v) is 4.04. The number of nitrogens with zero attached hydrogens (tertiary/aromatic N) is 1. The van der Waals surface area contributed by atoms with Crippen molar-refractivity contribution in [2.75, 3.05) is 18.6 Å². The Morgan fingerprint density at radius 1 is 1.26 bits per heavy atom. The van der Waals surface area contributed by atoms with Crippen LogP contribution in [0.1, 0.15) is 19.3 Å². The van der Waals surface area contributed by atoms with Crippen LogP contribution in [0.4, 0.5) is 0 Å². The molecular formula is C12H22KNO10S3. The average molecular weight is 476 g/mol. The predicted octanol–water partition coefficient (Wildman–Crippen LogP) is -5.14. The summed E-state index contributed by atoms with van der Waals surface area (Å²) in [4.78, 5) is 0. The third-order valence-corrected chi connectivity index (χ3v) is 5.70. The third kappa shape index (κ3) is 10.8. The minimum absolute atomic E-state index is 0. The molecule has 15 heteroatoms. The third-order valence-electron chi connectivity index (χ3n) is 3.40. The van der Waals surface area contributed by atoms with Crippen LogP contribution >= 0.6 is 11.8 Å². The summed E-state index contributed by atoms with van der Waals surface area (Å²) in [7, 11) is -6.09. The minimum atomic E-state index is -5.08. The Kier molecular flexibility index (Phi) is 14.2. The Morgan fingerprint density at radius 2 is 1.89 bits per heavy atom. The molecule has 1 aliphatic rings. The molecule has 6 atom stereocenters. The van der Waals surface area contributed by atoms with Gasteiger partial charge in [0.2, 0.25) is 0 Å². The molecule has 1 unspecified atom stereocenters. The number of hydrogen-bond acceptors (Lipinski definition) is 12. The molecule has 1 fully saturated rings. The summed E-state index contributed by atoms with van der Waals surface area (Å²) in [5, 5.41) is 41.9. The van der Waals surface area contributed by atoms with Gasteiger partial charge >= 0.3 is 51.4 Å². The van der Waals surface area contributed by atoms with Gasteiger partial charge in [-0.25, -0.2) is 0 Å². The fraction of sp³-hybridized carbons (Fsp3) is 0.917. The van der Waals surface area contributed by atoms with Gasteiger partial charge in [-0.3, -0.25) is 8.49 Å². The van der Waals surface area contributed by atoms with Crippen molar-refractivity contribution in [2.24, 2.45) is 5.16 Å². The number of unbranched alkanes of at least 4 members (excludes halogenated alkanes) is 1. The van der Waals surface area contributed by atoms with Crippen molar-refractivity contribution in [1.82, 2.24) is 0 Å². The van der Waals surface area contributed by atoms with E-state index in [9.17, 15) is 32.5 Å². The van der Waals surface area contributed by atoms with E-state index < -0.39 is 57.7 Å². The van der Waals surface area contributed by atoms with E-state index in [0.717, 1.165) is 0 Å². The van der Waals surface area contributed by atoms with Gasteiger partial charge in [-0.05, 0) is 19.3 Å². The topological polar surface area (TPSA) is 186 Å². The van der Waals surface area contributed by atoms with Crippen molar-refractivity contribution in [3.05, 3.63) is 0 Å². The van der Waals surface area contributed by atoms with Crippen LogP contribution in [0.25, 0.3) is 0 Å². The monoisotopic (exact) mass is 475 g/mol. The minimum Gasteiger partial charge on any atom is -0.714 e. The molecule has 1 saturated heterocycles. The summed E-state index contributed by atoms with van der Waals surface area (Å²) < 4.78 is 51.9. The first kappa shape index (κ1) is 28.3. The van der Waals surface area contributed by atoms with E-state index >= 15 is 0 Å². The molecule has 0 bridgehead atoms. The standard InChI is InChI=1S/C12H23NO10S3.K/c1-25(18)5-3-2-4-8(13-23-26(19,20)21)24-12-11(17)10(16)9(15)7(6-14)22-12;/h7,9-12,14-17H,2-6H2,1H3,(H,19,20,21);/q;+1/p-1/t7-,9-,10+,11-,12+,25?;/m1./s1. The molecule has 4 N–H and O–H groups in total. The Labute approximate surface area is 206 Å². The zero-order valence-corrected chi connectivity index (χ0v) is 20.4. The largest absolute Gasteiger partial charge is 1.00 e. The molecule has 1 aliphatic heterocycles. The van der Waals surface area contributed by atoms with Gasteiger partial charge in [-0.15, -0.1) is 0 Å². The maximum Gasteiger partial charge on any atom is 1.00 e. The maximum absolute atomic E-state index is 11.0. The molecule has 1 heterocycles. The van der Waals surface area contributed by atoms with E-state index in [1.165, 1.54) is 6.26 Å². The van der Waals surface area contributed by atoms with Crippen molar-refractivity contribution >= 4 is 38.0 Å². The summed E-state index contributed by atoms with van der Waals surface area (Å²) in [6.45, 7) is -0.623. The Morgan fingerprint density at radius 3 is 2.41 bits per heavy atom. The van der Waals surface area contributed by atoms with Crippen molar-refractivity contribution in [2.45, 2.75) is 49.1 Å². The van der Waals surface area contributed by atoms with E-state index in [-0.39, 0.29) is 62.8 Å². The second-order valence-electron chi connectivity index (χ2n) is 5.52. The van der Waals surface area contributed by atoms with Crippen LogP contribution in [0.15, 0.2) is 5.16 Å². The predicted molar refractivity (Wildman–Crippen MR) is 92.4 cm³/mol. The summed E-state index contributed by atoms with van der Waals surface area (Å²) in [6, 6.07) is 0. The van der Waals surface area contributed by atoms with E-state index in [1.807, 2.05) is 0 Å². The normalized spacial score (nSPS) is 30.4. The first-order valence-corrected chi connectivity index (χ1v) is 11.5. The van der Waals surface area contributed by atoms with Gasteiger partial charge in [0.1, 0.15) is 34.9 Å². The molecule has 154 valence electrons. The van der Waals surface area contributed by atoms with Gasteiger partial charge in [0, 0.05) is 22.8 Å². The Hall–Kier alpha value is 1.32. The Balaban J connectivity index is 0.00000676. The summed E-state index contributed by atoms with van der Waals surface area (Å²) in [5.74, 6) is 0.415. The quantitative estimate of drug-likeness (QED) is 0.0475.